The van der Waals surface area contributed by atoms with Crippen LogP contribution in [0.1, 0.15) is 12.0 Å². The largest absolute Gasteiger partial charge is 0.497 e. The second-order valence-electron chi connectivity index (χ2n) is 4.61. The van der Waals surface area contributed by atoms with Gasteiger partial charge in [-0.2, -0.15) is 0 Å². The Labute approximate surface area is 99.5 Å². The molecule has 92 valence electrons. The van der Waals surface area contributed by atoms with Crippen molar-refractivity contribution >= 4 is 0 Å². The summed E-state index contributed by atoms with van der Waals surface area (Å²) in [6.45, 7) is 0.691. The summed E-state index contributed by atoms with van der Waals surface area (Å²) < 4.78 is 30.1. The van der Waals surface area contributed by atoms with Gasteiger partial charge in [0.15, 0.2) is 6.17 Å². The summed E-state index contributed by atoms with van der Waals surface area (Å²) in [5, 5.41) is 0. The molecule has 0 radical (unpaired) electrons. The molecule has 0 saturated carbocycles. The summed E-state index contributed by atoms with van der Waals surface area (Å²) >= 11 is 0. The van der Waals surface area contributed by atoms with Crippen molar-refractivity contribution in [3.63, 3.8) is 0 Å². The minimum absolute atomic E-state index is 0.130. The normalized spacial score (nSPS) is 31.1. The Balaban J connectivity index is 1.90. The van der Waals surface area contributed by atoms with Crippen molar-refractivity contribution in [2.24, 2.45) is 0 Å². The van der Waals surface area contributed by atoms with E-state index in [4.69, 9.17) is 14.2 Å². The maximum absolute atomic E-state index is 14.0. The van der Waals surface area contributed by atoms with E-state index < -0.39 is 11.8 Å². The maximum atomic E-state index is 14.0. The van der Waals surface area contributed by atoms with Crippen LogP contribution in [0.2, 0.25) is 0 Å². The minimum atomic E-state index is -1.06. The number of fused-ring (bicyclic) bond motifs is 1. The van der Waals surface area contributed by atoms with Crippen molar-refractivity contribution in [1.82, 2.24) is 0 Å². The minimum Gasteiger partial charge on any atom is -0.497 e. The highest BCUT2D eigenvalue weighted by Crippen LogP contribution is 2.43. The lowest BCUT2D eigenvalue weighted by molar-refractivity contribution is -0.0954. The Morgan fingerprint density at radius 3 is 3.12 bits per heavy atom. The maximum Gasteiger partial charge on any atom is 0.163 e. The molecule has 0 aliphatic carbocycles. The highest BCUT2D eigenvalue weighted by atomic mass is 19.1. The molecule has 0 bridgehead atoms. The van der Waals surface area contributed by atoms with E-state index in [1.54, 1.807) is 7.11 Å². The molecule has 1 fully saturated rings. The third-order valence-corrected chi connectivity index (χ3v) is 3.58. The van der Waals surface area contributed by atoms with Crippen LogP contribution in [-0.4, -0.2) is 32.1 Å². The highest BCUT2D eigenvalue weighted by molar-refractivity contribution is 5.45. The van der Waals surface area contributed by atoms with Crippen LogP contribution >= 0.6 is 0 Å². The second-order valence-corrected chi connectivity index (χ2v) is 4.61. The van der Waals surface area contributed by atoms with E-state index in [0.29, 0.717) is 19.4 Å². The van der Waals surface area contributed by atoms with Crippen LogP contribution in [0.15, 0.2) is 18.2 Å². The summed E-state index contributed by atoms with van der Waals surface area (Å²) in [5.41, 5.74) is 0.336. The number of methoxy groups -OCH3 is 1. The summed E-state index contributed by atoms with van der Waals surface area (Å²) in [6, 6.07) is 5.66. The third-order valence-electron chi connectivity index (χ3n) is 3.58. The second kappa shape index (κ2) is 3.88. The molecule has 17 heavy (non-hydrogen) atoms. The molecule has 1 saturated heterocycles. The van der Waals surface area contributed by atoms with Gasteiger partial charge in [0.2, 0.25) is 0 Å². The molecule has 1 aromatic rings. The van der Waals surface area contributed by atoms with E-state index in [1.165, 1.54) is 0 Å². The Morgan fingerprint density at radius 1 is 1.47 bits per heavy atom. The first-order chi connectivity index (χ1) is 8.23. The van der Waals surface area contributed by atoms with Crippen LogP contribution in [0.4, 0.5) is 4.39 Å². The van der Waals surface area contributed by atoms with Crippen molar-refractivity contribution in [2.45, 2.75) is 24.6 Å². The zero-order valence-electron chi connectivity index (χ0n) is 9.74. The molecule has 2 aliphatic rings. The molecule has 0 aromatic heterocycles. The monoisotopic (exact) mass is 238 g/mol. The summed E-state index contributed by atoms with van der Waals surface area (Å²) in [6.07, 6.45) is 0.164. The number of benzene rings is 1. The number of rotatable bonds is 1. The quantitative estimate of drug-likeness (QED) is 0.750. The van der Waals surface area contributed by atoms with E-state index in [9.17, 15) is 4.39 Å². The van der Waals surface area contributed by atoms with Crippen molar-refractivity contribution in [3.05, 3.63) is 23.8 Å². The average molecular weight is 238 g/mol. The lowest BCUT2D eigenvalue weighted by Gasteiger charge is -2.35. The van der Waals surface area contributed by atoms with Gasteiger partial charge in [0.25, 0.3) is 0 Å². The molecule has 3 rings (SSSR count). The molecule has 0 N–H and O–H groups in total. The number of ether oxygens (including phenoxy) is 3. The fourth-order valence-corrected chi connectivity index (χ4v) is 2.53. The van der Waals surface area contributed by atoms with E-state index in [0.717, 1.165) is 17.1 Å². The SMILES string of the molecule is COc1ccc2c(c1)OC1(CCOCC1F)C2. The Morgan fingerprint density at radius 2 is 2.35 bits per heavy atom. The number of hydrogen-bond acceptors (Lipinski definition) is 3. The molecule has 3 nitrogen and oxygen atoms in total. The molecule has 2 unspecified atom stereocenters. The molecule has 2 aliphatic heterocycles. The Bertz CT molecular complexity index is 435. The lowest BCUT2D eigenvalue weighted by Crippen LogP contribution is -2.50. The van der Waals surface area contributed by atoms with Gasteiger partial charge in [0.1, 0.15) is 17.1 Å². The molecule has 2 heterocycles. The van der Waals surface area contributed by atoms with E-state index >= 15 is 0 Å². The Kier molecular flexibility index (Phi) is 2.47. The first kappa shape index (κ1) is 10.8. The fraction of sp³-hybridized carbons (Fsp3) is 0.538. The first-order valence-corrected chi connectivity index (χ1v) is 5.81. The van der Waals surface area contributed by atoms with Gasteiger partial charge in [-0.05, 0) is 11.6 Å². The molecule has 1 aromatic carbocycles. The number of hydrogen-bond donors (Lipinski definition) is 0. The predicted molar refractivity (Wildman–Crippen MR) is 60.4 cm³/mol. The van der Waals surface area contributed by atoms with Gasteiger partial charge in [-0.1, -0.05) is 6.07 Å². The van der Waals surface area contributed by atoms with Gasteiger partial charge < -0.3 is 14.2 Å². The number of alkyl halides is 1. The number of halogens is 1. The van der Waals surface area contributed by atoms with Crippen LogP contribution in [0.3, 0.4) is 0 Å². The topological polar surface area (TPSA) is 27.7 Å². The third kappa shape index (κ3) is 1.67. The van der Waals surface area contributed by atoms with Crippen LogP contribution in [0.5, 0.6) is 11.5 Å². The zero-order valence-corrected chi connectivity index (χ0v) is 9.74. The highest BCUT2D eigenvalue weighted by Gasteiger charge is 2.48. The van der Waals surface area contributed by atoms with Gasteiger partial charge in [-0.15, -0.1) is 0 Å². The summed E-state index contributed by atoms with van der Waals surface area (Å²) in [7, 11) is 1.61. The molecular formula is C13H15FO3. The van der Waals surface area contributed by atoms with Crippen molar-refractivity contribution < 1.29 is 18.6 Å². The molecule has 0 amide bonds. The van der Waals surface area contributed by atoms with Crippen LogP contribution < -0.4 is 9.47 Å². The van der Waals surface area contributed by atoms with Crippen molar-refractivity contribution in [2.75, 3.05) is 20.3 Å². The van der Waals surface area contributed by atoms with Crippen LogP contribution in [-0.2, 0) is 11.2 Å². The zero-order chi connectivity index (χ0) is 11.9. The van der Waals surface area contributed by atoms with Gasteiger partial charge in [0.05, 0.1) is 20.3 Å². The van der Waals surface area contributed by atoms with E-state index in [1.807, 2.05) is 18.2 Å². The molecule has 2 atom stereocenters. The average Bonchev–Trinajstić information content (AvgIpc) is 2.71. The van der Waals surface area contributed by atoms with E-state index in [-0.39, 0.29) is 6.61 Å². The van der Waals surface area contributed by atoms with Gasteiger partial charge >= 0.3 is 0 Å². The predicted octanol–water partition coefficient (Wildman–Crippen LogP) is 2.13. The van der Waals surface area contributed by atoms with Crippen LogP contribution in [0.25, 0.3) is 0 Å². The molecule has 4 heteroatoms. The summed E-state index contributed by atoms with van der Waals surface area (Å²) in [5.74, 6) is 1.48. The van der Waals surface area contributed by atoms with Crippen molar-refractivity contribution in [1.29, 1.82) is 0 Å². The standard InChI is InChI=1S/C13H15FO3/c1-15-10-3-2-9-7-13(17-11(9)6-10)4-5-16-8-12(13)14/h2-3,6,12H,4-5,7-8H2,1H3. The van der Waals surface area contributed by atoms with Gasteiger partial charge in [0, 0.05) is 18.9 Å². The van der Waals surface area contributed by atoms with Crippen LogP contribution in [0, 0.1) is 0 Å². The van der Waals surface area contributed by atoms with Gasteiger partial charge in [-0.3, -0.25) is 0 Å². The first-order valence-electron chi connectivity index (χ1n) is 5.81. The molecule has 1 spiro atoms. The Hall–Kier alpha value is -1.29. The summed E-state index contributed by atoms with van der Waals surface area (Å²) in [4.78, 5) is 0. The fourth-order valence-electron chi connectivity index (χ4n) is 2.53. The van der Waals surface area contributed by atoms with Crippen molar-refractivity contribution in [3.8, 4) is 11.5 Å². The van der Waals surface area contributed by atoms with Gasteiger partial charge in [-0.25, -0.2) is 4.39 Å². The smallest absolute Gasteiger partial charge is 0.163 e. The molecular weight excluding hydrogens is 223 g/mol. The lowest BCUT2D eigenvalue weighted by atomic mass is 9.88. The van der Waals surface area contributed by atoms with E-state index in [2.05, 4.69) is 0 Å².